The third-order valence-corrected chi connectivity index (χ3v) is 3.94. The molecule has 0 saturated carbocycles. The van der Waals surface area contributed by atoms with E-state index in [4.69, 9.17) is 4.74 Å². The molecule has 0 bridgehead atoms. The van der Waals surface area contributed by atoms with Crippen LogP contribution in [-0.2, 0) is 6.54 Å². The van der Waals surface area contributed by atoms with Gasteiger partial charge in [0.25, 0.3) is 5.56 Å². The molecule has 2 heterocycles. The number of aromatic nitrogens is 4. The van der Waals surface area contributed by atoms with Crippen molar-refractivity contribution in [3.63, 3.8) is 0 Å². The summed E-state index contributed by atoms with van der Waals surface area (Å²) in [6.45, 7) is 0.448. The molecule has 2 aromatic carbocycles. The van der Waals surface area contributed by atoms with Gasteiger partial charge in [-0.15, -0.1) is 5.10 Å². The Balaban J connectivity index is 1.83. The molecule has 0 atom stereocenters. The van der Waals surface area contributed by atoms with E-state index in [0.717, 1.165) is 11.3 Å². The molecule has 6 nitrogen and oxygen atoms in total. The minimum Gasteiger partial charge on any atom is -0.497 e. The lowest BCUT2D eigenvalue weighted by molar-refractivity contribution is 0.414. The Labute approximate surface area is 135 Å². The smallest absolute Gasteiger partial charge is 0.257 e. The number of fused-ring (bicyclic) bond motifs is 3. The number of halogens is 1. The number of ether oxygens (including phenoxy) is 1. The fourth-order valence-corrected chi connectivity index (χ4v) is 2.72. The summed E-state index contributed by atoms with van der Waals surface area (Å²) in [5.41, 5.74) is 1.67. The number of rotatable bonds is 3. The van der Waals surface area contributed by atoms with E-state index in [0.29, 0.717) is 23.1 Å². The molecule has 4 aromatic rings. The molecule has 0 aliphatic carbocycles. The third-order valence-electron chi connectivity index (χ3n) is 3.94. The molecule has 0 unspecified atom stereocenters. The van der Waals surface area contributed by atoms with E-state index in [9.17, 15) is 9.18 Å². The lowest BCUT2D eigenvalue weighted by Crippen LogP contribution is -2.10. The predicted molar refractivity (Wildman–Crippen MR) is 87.7 cm³/mol. The highest BCUT2D eigenvalue weighted by Gasteiger charge is 2.12. The maximum atomic E-state index is 13.4. The van der Waals surface area contributed by atoms with Crippen molar-refractivity contribution < 1.29 is 9.13 Å². The molecule has 0 saturated heterocycles. The quantitative estimate of drug-likeness (QED) is 0.628. The zero-order valence-electron chi connectivity index (χ0n) is 12.8. The van der Waals surface area contributed by atoms with Crippen molar-refractivity contribution >= 4 is 21.9 Å². The number of hydrogen-bond acceptors (Lipinski definition) is 4. The maximum absolute atomic E-state index is 13.4. The first-order valence-corrected chi connectivity index (χ1v) is 7.33. The Hall–Kier alpha value is -3.22. The van der Waals surface area contributed by atoms with Crippen LogP contribution in [0.2, 0.25) is 0 Å². The van der Waals surface area contributed by atoms with Gasteiger partial charge in [0.2, 0.25) is 0 Å². The van der Waals surface area contributed by atoms with Crippen LogP contribution in [0.4, 0.5) is 4.39 Å². The normalized spacial score (nSPS) is 11.2. The first-order chi connectivity index (χ1) is 11.7. The van der Waals surface area contributed by atoms with E-state index in [2.05, 4.69) is 15.3 Å². The van der Waals surface area contributed by atoms with Crippen LogP contribution in [0.5, 0.6) is 5.75 Å². The third kappa shape index (κ3) is 2.30. The molecule has 0 radical (unpaired) electrons. The first kappa shape index (κ1) is 14.4. The standard InChI is InChI=1S/C17H13FN4O2/c1-24-12-5-2-10(3-6-12)9-22-16-15(20-21-22)13-7-4-11(18)8-14(13)17(23)19-16/h2-8H,9H2,1H3,(H,19,23). The van der Waals surface area contributed by atoms with Crippen molar-refractivity contribution in [2.24, 2.45) is 0 Å². The molecular formula is C17H13FN4O2. The monoisotopic (exact) mass is 324 g/mol. The number of benzene rings is 2. The van der Waals surface area contributed by atoms with E-state index < -0.39 is 5.82 Å². The van der Waals surface area contributed by atoms with Gasteiger partial charge in [-0.05, 0) is 35.9 Å². The van der Waals surface area contributed by atoms with Crippen LogP contribution in [0, 0.1) is 5.82 Å². The van der Waals surface area contributed by atoms with Gasteiger partial charge in [-0.1, -0.05) is 17.3 Å². The molecule has 24 heavy (non-hydrogen) atoms. The molecule has 0 fully saturated rings. The number of methoxy groups -OCH3 is 1. The highest BCUT2D eigenvalue weighted by atomic mass is 19.1. The SMILES string of the molecule is COc1ccc(Cn2nnc3c4ccc(F)cc4c(=O)[nH]c32)cc1. The molecule has 0 aliphatic rings. The highest BCUT2D eigenvalue weighted by molar-refractivity contribution is 6.01. The van der Waals surface area contributed by atoms with Gasteiger partial charge < -0.3 is 9.72 Å². The topological polar surface area (TPSA) is 72.8 Å². The van der Waals surface area contributed by atoms with Crippen molar-refractivity contribution in [1.82, 2.24) is 20.0 Å². The zero-order chi connectivity index (χ0) is 16.7. The predicted octanol–water partition coefficient (Wildman–Crippen LogP) is 2.47. The number of nitrogens with zero attached hydrogens (tertiary/aromatic N) is 3. The van der Waals surface area contributed by atoms with Crippen molar-refractivity contribution in [2.45, 2.75) is 6.54 Å². The second-order valence-electron chi connectivity index (χ2n) is 5.44. The van der Waals surface area contributed by atoms with E-state index in [1.54, 1.807) is 17.9 Å². The number of aromatic amines is 1. The van der Waals surface area contributed by atoms with Gasteiger partial charge in [-0.2, -0.15) is 0 Å². The van der Waals surface area contributed by atoms with Crippen molar-refractivity contribution in [1.29, 1.82) is 0 Å². The summed E-state index contributed by atoms with van der Waals surface area (Å²) in [6, 6.07) is 11.6. The van der Waals surface area contributed by atoms with E-state index >= 15 is 0 Å². The van der Waals surface area contributed by atoms with Gasteiger partial charge in [0, 0.05) is 5.39 Å². The largest absolute Gasteiger partial charge is 0.497 e. The van der Waals surface area contributed by atoms with Crippen LogP contribution in [0.25, 0.3) is 21.9 Å². The fraction of sp³-hybridized carbons (Fsp3) is 0.118. The molecule has 7 heteroatoms. The van der Waals surface area contributed by atoms with Gasteiger partial charge in [0.05, 0.1) is 19.0 Å². The lowest BCUT2D eigenvalue weighted by Gasteiger charge is -2.05. The van der Waals surface area contributed by atoms with E-state index in [-0.39, 0.29) is 10.9 Å². The van der Waals surface area contributed by atoms with Crippen LogP contribution in [0.15, 0.2) is 47.3 Å². The number of nitrogens with one attached hydrogen (secondary N) is 1. The van der Waals surface area contributed by atoms with Crippen LogP contribution < -0.4 is 10.3 Å². The number of hydrogen-bond donors (Lipinski definition) is 1. The summed E-state index contributed by atoms with van der Waals surface area (Å²) in [4.78, 5) is 15.0. The summed E-state index contributed by atoms with van der Waals surface area (Å²) in [5.74, 6) is 0.307. The van der Waals surface area contributed by atoms with Gasteiger partial charge in [0.1, 0.15) is 17.1 Å². The molecule has 0 aliphatic heterocycles. The Morgan fingerprint density at radius 3 is 2.71 bits per heavy atom. The van der Waals surface area contributed by atoms with Gasteiger partial charge >= 0.3 is 0 Å². The van der Waals surface area contributed by atoms with E-state index in [1.807, 2.05) is 24.3 Å². The van der Waals surface area contributed by atoms with Gasteiger partial charge in [0.15, 0.2) is 5.65 Å². The zero-order valence-corrected chi connectivity index (χ0v) is 12.8. The van der Waals surface area contributed by atoms with Crippen LogP contribution >= 0.6 is 0 Å². The first-order valence-electron chi connectivity index (χ1n) is 7.33. The number of pyridine rings is 1. The van der Waals surface area contributed by atoms with Crippen LogP contribution in [-0.4, -0.2) is 27.1 Å². The van der Waals surface area contributed by atoms with E-state index in [1.165, 1.54) is 12.1 Å². The molecule has 4 rings (SSSR count). The highest BCUT2D eigenvalue weighted by Crippen LogP contribution is 2.20. The molecule has 0 spiro atoms. The second-order valence-corrected chi connectivity index (χ2v) is 5.44. The van der Waals surface area contributed by atoms with Crippen molar-refractivity contribution in [2.75, 3.05) is 7.11 Å². The lowest BCUT2D eigenvalue weighted by atomic mass is 10.1. The minimum atomic E-state index is -0.460. The Kier molecular flexibility index (Phi) is 3.26. The summed E-state index contributed by atoms with van der Waals surface area (Å²) in [5, 5.41) is 9.10. The Bertz CT molecular complexity index is 1100. The summed E-state index contributed by atoms with van der Waals surface area (Å²) >= 11 is 0. The molecule has 1 N–H and O–H groups in total. The fourth-order valence-electron chi connectivity index (χ4n) is 2.72. The summed E-state index contributed by atoms with van der Waals surface area (Å²) in [6.07, 6.45) is 0. The average molecular weight is 324 g/mol. The van der Waals surface area contributed by atoms with Crippen LogP contribution in [0.3, 0.4) is 0 Å². The number of H-pyrrole nitrogens is 1. The molecule has 0 amide bonds. The van der Waals surface area contributed by atoms with Gasteiger partial charge in [-0.25, -0.2) is 9.07 Å². The summed E-state index contributed by atoms with van der Waals surface area (Å²) < 4.78 is 20.1. The van der Waals surface area contributed by atoms with Crippen molar-refractivity contribution in [3.05, 3.63) is 64.2 Å². The molecule has 2 aromatic heterocycles. The Morgan fingerprint density at radius 2 is 1.96 bits per heavy atom. The summed E-state index contributed by atoms with van der Waals surface area (Å²) in [7, 11) is 1.61. The molecule has 120 valence electrons. The average Bonchev–Trinajstić information content (AvgIpc) is 2.98. The second kappa shape index (κ2) is 5.45. The maximum Gasteiger partial charge on any atom is 0.257 e. The Morgan fingerprint density at radius 1 is 1.17 bits per heavy atom. The minimum absolute atomic E-state index is 0.263. The van der Waals surface area contributed by atoms with Crippen molar-refractivity contribution in [3.8, 4) is 5.75 Å². The van der Waals surface area contributed by atoms with Gasteiger partial charge in [-0.3, -0.25) is 4.79 Å². The van der Waals surface area contributed by atoms with Crippen LogP contribution in [0.1, 0.15) is 5.56 Å². The molecular weight excluding hydrogens is 311 g/mol.